The van der Waals surface area contributed by atoms with Crippen molar-refractivity contribution < 1.29 is 0 Å². The minimum Gasteiger partial charge on any atom is -0.367 e. The molecule has 0 atom stereocenters. The van der Waals surface area contributed by atoms with Gasteiger partial charge in [-0.2, -0.15) is 0 Å². The maximum atomic E-state index is 4.90. The van der Waals surface area contributed by atoms with Crippen LogP contribution in [-0.2, 0) is 13.0 Å². The molecule has 5 rings (SSSR count). The third kappa shape index (κ3) is 3.02. The third-order valence-corrected chi connectivity index (χ3v) is 5.60. The van der Waals surface area contributed by atoms with Crippen molar-refractivity contribution in [2.45, 2.75) is 50.6 Å². The maximum Gasteiger partial charge on any atom is 0.136 e. The molecule has 24 heavy (non-hydrogen) atoms. The molecule has 0 radical (unpaired) electrons. The summed E-state index contributed by atoms with van der Waals surface area (Å²) in [7, 11) is 0. The Hall–Kier alpha value is -1.62. The number of fused-ring (bicyclic) bond motifs is 1. The van der Waals surface area contributed by atoms with Crippen molar-refractivity contribution in [3.8, 4) is 0 Å². The van der Waals surface area contributed by atoms with E-state index >= 15 is 0 Å². The van der Waals surface area contributed by atoms with Gasteiger partial charge in [-0.1, -0.05) is 22.0 Å². The molecule has 0 amide bonds. The lowest BCUT2D eigenvalue weighted by atomic mass is 10.00. The topological polar surface area (TPSA) is 41.0 Å². The number of nitrogens with zero attached hydrogens (tertiary/aromatic N) is 3. The van der Waals surface area contributed by atoms with E-state index in [1.165, 1.54) is 41.3 Å². The summed E-state index contributed by atoms with van der Waals surface area (Å²) in [5.74, 6) is 3.73. The summed E-state index contributed by atoms with van der Waals surface area (Å²) in [4.78, 5) is 12.1. The van der Waals surface area contributed by atoms with Crippen LogP contribution in [0.5, 0.6) is 0 Å². The highest BCUT2D eigenvalue weighted by molar-refractivity contribution is 9.10. The van der Waals surface area contributed by atoms with Gasteiger partial charge in [-0.3, -0.25) is 0 Å². The van der Waals surface area contributed by atoms with Gasteiger partial charge in [-0.05, 0) is 55.4 Å². The van der Waals surface area contributed by atoms with E-state index in [0.717, 1.165) is 37.0 Å². The molecule has 0 bridgehead atoms. The van der Waals surface area contributed by atoms with Crippen molar-refractivity contribution in [3.05, 3.63) is 45.7 Å². The average molecular weight is 385 g/mol. The van der Waals surface area contributed by atoms with Crippen molar-refractivity contribution in [1.29, 1.82) is 0 Å². The van der Waals surface area contributed by atoms with Crippen molar-refractivity contribution >= 4 is 27.6 Å². The van der Waals surface area contributed by atoms with Gasteiger partial charge >= 0.3 is 0 Å². The van der Waals surface area contributed by atoms with E-state index in [1.54, 1.807) is 0 Å². The van der Waals surface area contributed by atoms with Gasteiger partial charge in [-0.25, -0.2) is 9.97 Å². The summed E-state index contributed by atoms with van der Waals surface area (Å²) in [6.07, 6.45) is 6.09. The second kappa shape index (κ2) is 5.73. The number of hydrogen-bond acceptors (Lipinski definition) is 4. The lowest BCUT2D eigenvalue weighted by Gasteiger charge is -2.30. The van der Waals surface area contributed by atoms with E-state index in [4.69, 9.17) is 9.97 Å². The van der Waals surface area contributed by atoms with E-state index in [-0.39, 0.29) is 0 Å². The van der Waals surface area contributed by atoms with Crippen LogP contribution in [0.3, 0.4) is 0 Å². The maximum absolute atomic E-state index is 4.90. The molecule has 1 N–H and O–H groups in total. The normalized spacial score (nSPS) is 20.0. The minimum atomic E-state index is 0.581. The average Bonchev–Trinajstić information content (AvgIpc) is 3.47. The Morgan fingerprint density at radius 1 is 1.04 bits per heavy atom. The number of anilines is 2. The SMILES string of the molecule is Brc1ccc2c(c1)CCN(c1cc(NC3CC3)nc(C3CC3)n1)C2. The molecule has 1 aliphatic heterocycles. The van der Waals surface area contributed by atoms with Crippen molar-refractivity contribution in [1.82, 2.24) is 9.97 Å². The molecule has 1 aromatic heterocycles. The minimum absolute atomic E-state index is 0.581. The van der Waals surface area contributed by atoms with Crippen molar-refractivity contribution in [2.75, 3.05) is 16.8 Å². The summed E-state index contributed by atoms with van der Waals surface area (Å²) in [5, 5.41) is 3.56. The fourth-order valence-electron chi connectivity index (χ4n) is 3.37. The molecule has 0 saturated heterocycles. The molecule has 4 nitrogen and oxygen atoms in total. The first-order valence-electron chi connectivity index (χ1n) is 8.92. The van der Waals surface area contributed by atoms with Gasteiger partial charge < -0.3 is 10.2 Å². The summed E-state index contributed by atoms with van der Waals surface area (Å²) in [5.41, 5.74) is 2.86. The Kier molecular flexibility index (Phi) is 3.51. The van der Waals surface area contributed by atoms with Gasteiger partial charge in [0.2, 0.25) is 0 Å². The molecule has 2 saturated carbocycles. The largest absolute Gasteiger partial charge is 0.367 e. The molecule has 2 fully saturated rings. The summed E-state index contributed by atoms with van der Waals surface area (Å²) >= 11 is 3.58. The van der Waals surface area contributed by atoms with Gasteiger partial charge in [0.15, 0.2) is 0 Å². The lowest BCUT2D eigenvalue weighted by Crippen LogP contribution is -2.31. The zero-order chi connectivity index (χ0) is 16.1. The Morgan fingerprint density at radius 3 is 2.71 bits per heavy atom. The quantitative estimate of drug-likeness (QED) is 0.854. The van der Waals surface area contributed by atoms with Crippen molar-refractivity contribution in [2.24, 2.45) is 0 Å². The van der Waals surface area contributed by atoms with Crippen LogP contribution in [0.25, 0.3) is 0 Å². The van der Waals surface area contributed by atoms with Crippen LogP contribution in [0, 0.1) is 0 Å². The molecule has 124 valence electrons. The molecule has 2 heterocycles. The molecule has 0 unspecified atom stereocenters. The highest BCUT2D eigenvalue weighted by Crippen LogP contribution is 2.40. The molecule has 5 heteroatoms. The molecular formula is C19H21BrN4. The Labute approximate surface area is 150 Å². The Morgan fingerprint density at radius 2 is 1.92 bits per heavy atom. The molecule has 1 aromatic carbocycles. The first-order valence-corrected chi connectivity index (χ1v) is 9.72. The zero-order valence-corrected chi connectivity index (χ0v) is 15.2. The summed E-state index contributed by atoms with van der Waals surface area (Å²) in [6.45, 7) is 1.96. The predicted octanol–water partition coefficient (Wildman–Crippen LogP) is 4.25. The number of nitrogens with one attached hydrogen (secondary N) is 1. The van der Waals surface area contributed by atoms with Crippen LogP contribution in [0.4, 0.5) is 11.6 Å². The van der Waals surface area contributed by atoms with Gasteiger partial charge in [0.1, 0.15) is 17.5 Å². The number of halogens is 1. The first-order chi connectivity index (χ1) is 11.7. The number of hydrogen-bond donors (Lipinski definition) is 1. The summed E-state index contributed by atoms with van der Waals surface area (Å²) in [6, 6.07) is 9.39. The van der Waals surface area contributed by atoms with E-state index in [2.05, 4.69) is 50.4 Å². The van der Waals surface area contributed by atoms with E-state index < -0.39 is 0 Å². The second-order valence-electron chi connectivity index (χ2n) is 7.25. The van der Waals surface area contributed by atoms with Crippen LogP contribution < -0.4 is 10.2 Å². The standard InChI is InChI=1S/C19H21BrN4/c20-15-4-3-14-11-24(8-7-13(14)9-15)18-10-17(21-16-5-6-16)22-19(23-18)12-1-2-12/h3-4,9-10,12,16H,1-2,5-8,11H2,(H,21,22,23). The van der Waals surface area contributed by atoms with Crippen LogP contribution in [0.2, 0.25) is 0 Å². The monoisotopic (exact) mass is 384 g/mol. The Bertz CT molecular complexity index is 783. The van der Waals surface area contributed by atoms with Crippen LogP contribution in [0.15, 0.2) is 28.7 Å². The number of rotatable bonds is 4. The van der Waals surface area contributed by atoms with E-state index in [0.29, 0.717) is 12.0 Å². The zero-order valence-electron chi connectivity index (χ0n) is 13.6. The smallest absolute Gasteiger partial charge is 0.136 e. The molecule has 3 aliphatic rings. The molecular weight excluding hydrogens is 364 g/mol. The molecule has 2 aliphatic carbocycles. The summed E-state index contributed by atoms with van der Waals surface area (Å²) < 4.78 is 1.17. The lowest BCUT2D eigenvalue weighted by molar-refractivity contribution is 0.713. The Balaban J connectivity index is 1.45. The highest BCUT2D eigenvalue weighted by atomic mass is 79.9. The van der Waals surface area contributed by atoms with Crippen LogP contribution in [-0.4, -0.2) is 22.6 Å². The van der Waals surface area contributed by atoms with Gasteiger partial charge in [0.25, 0.3) is 0 Å². The van der Waals surface area contributed by atoms with Crippen LogP contribution in [0.1, 0.15) is 48.6 Å². The fraction of sp³-hybridized carbons (Fsp3) is 0.474. The van der Waals surface area contributed by atoms with Gasteiger partial charge in [0.05, 0.1) is 0 Å². The second-order valence-corrected chi connectivity index (χ2v) is 8.16. The van der Waals surface area contributed by atoms with Crippen molar-refractivity contribution in [3.63, 3.8) is 0 Å². The first kappa shape index (κ1) is 14.7. The number of benzene rings is 1. The van der Waals surface area contributed by atoms with Gasteiger partial charge in [0, 0.05) is 35.6 Å². The van der Waals surface area contributed by atoms with Gasteiger partial charge in [-0.15, -0.1) is 0 Å². The molecule has 2 aromatic rings. The molecule has 0 spiro atoms. The predicted molar refractivity (Wildman–Crippen MR) is 99.5 cm³/mol. The fourth-order valence-corrected chi connectivity index (χ4v) is 3.78. The third-order valence-electron chi connectivity index (χ3n) is 5.11. The number of aromatic nitrogens is 2. The van der Waals surface area contributed by atoms with E-state index in [9.17, 15) is 0 Å². The van der Waals surface area contributed by atoms with Crippen LogP contribution >= 0.6 is 15.9 Å². The van der Waals surface area contributed by atoms with E-state index in [1.807, 2.05) is 0 Å². The highest BCUT2D eigenvalue weighted by Gasteiger charge is 2.29.